The molecule has 0 radical (unpaired) electrons. The van der Waals surface area contributed by atoms with Crippen LogP contribution in [-0.4, -0.2) is 184 Å². The van der Waals surface area contributed by atoms with Crippen molar-refractivity contribution in [2.75, 3.05) is 34.0 Å². The fourth-order valence-electron chi connectivity index (χ4n) is 9.06. The number of hydrogen-bond acceptors (Lipinski definition) is 23. The van der Waals surface area contributed by atoms with Gasteiger partial charge in [0.15, 0.2) is 12.2 Å². The largest absolute Gasteiger partial charge is 0.465 e. The minimum atomic E-state index is -3.07. The molecule has 2 aliphatic rings. The lowest BCUT2D eigenvalue weighted by molar-refractivity contribution is -0.350. The number of carbonyl (C=O) groups is 10. The minimum absolute atomic E-state index is 0.0557. The Balaban J connectivity index is 2.09. The van der Waals surface area contributed by atoms with Gasteiger partial charge < -0.3 is 67.3 Å². The number of amides is 3. The number of carbonyl (C=O) groups excluding carboxylic acids is 10. The highest BCUT2D eigenvalue weighted by Crippen LogP contribution is 2.42. The third-order valence-corrected chi connectivity index (χ3v) is 14.1. The molecule has 3 amide bonds. The Bertz CT molecular complexity index is 2460. The Morgan fingerprint density at radius 2 is 1.24 bits per heavy atom. The van der Waals surface area contributed by atoms with Crippen molar-refractivity contribution in [1.82, 2.24) is 10.2 Å². The first-order chi connectivity index (χ1) is 37.1. The zero-order valence-corrected chi connectivity index (χ0v) is 47.4. The van der Waals surface area contributed by atoms with Crippen molar-refractivity contribution in [3.05, 3.63) is 71.8 Å². The monoisotopic (exact) mass is 1130 g/mol. The standard InChI is InChI=1S/C53H72N2O23Si/c1-30(56)54-43-39(75-49(64)38-21-17-14-18-22-38)25-52(50(65)67-8,71-23-24-79(10,11)12)77-47(43)45(63)41(28-69-27-37-19-15-13-16-20-37)76-53(51(66)68-9)26-40(72-34(5)60)44(55(31(2)57)32(3)58)48(78-53)46(74-36(7)62)42(73-35(6)61)29-70-33(4)59/h13-22,39-48,63H,23-29H2,1-12H3,(H,54,56)/t39-,40-,41+,42+,43+,44+,45+,46+,47+,48+,52+,53+/m0/s1. The van der Waals surface area contributed by atoms with Gasteiger partial charge in [-0.05, 0) is 23.7 Å². The maximum absolute atomic E-state index is 14.8. The van der Waals surface area contributed by atoms with Crippen molar-refractivity contribution in [3.63, 3.8) is 0 Å². The third kappa shape index (κ3) is 18.2. The second kappa shape index (κ2) is 29.0. The predicted octanol–water partition coefficient (Wildman–Crippen LogP) is 2.47. The first-order valence-corrected chi connectivity index (χ1v) is 28.9. The first-order valence-electron chi connectivity index (χ1n) is 25.2. The van der Waals surface area contributed by atoms with Crippen molar-refractivity contribution in [2.24, 2.45) is 0 Å². The zero-order chi connectivity index (χ0) is 59.0. The van der Waals surface area contributed by atoms with Gasteiger partial charge in [-0.2, -0.15) is 0 Å². The molecule has 0 bridgehead atoms. The lowest BCUT2D eigenvalue weighted by Crippen LogP contribution is -2.72. The summed E-state index contributed by atoms with van der Waals surface area (Å²) in [7, 11) is -0.00902. The van der Waals surface area contributed by atoms with Gasteiger partial charge in [-0.1, -0.05) is 68.2 Å². The fraction of sp³-hybridized carbons (Fsp3) is 0.585. The maximum Gasteiger partial charge on any atom is 0.366 e. The average molecular weight is 1130 g/mol. The Hall–Kier alpha value is -6.68. The third-order valence-electron chi connectivity index (χ3n) is 12.4. The van der Waals surface area contributed by atoms with E-state index in [0.717, 1.165) is 62.7 Å². The molecule has 2 aromatic carbocycles. The minimum Gasteiger partial charge on any atom is -0.465 e. The lowest BCUT2D eigenvalue weighted by atomic mass is 9.86. The van der Waals surface area contributed by atoms with Gasteiger partial charge in [-0.25, -0.2) is 14.4 Å². The van der Waals surface area contributed by atoms with Crippen LogP contribution in [-0.2, 0) is 107 Å². The summed E-state index contributed by atoms with van der Waals surface area (Å²) in [5, 5.41) is 15.8. The number of nitrogens with zero attached hydrogens (tertiary/aromatic N) is 1. The van der Waals surface area contributed by atoms with Crippen LogP contribution in [0.15, 0.2) is 60.7 Å². The second-order valence-electron chi connectivity index (χ2n) is 20.0. The van der Waals surface area contributed by atoms with E-state index in [2.05, 4.69) is 5.32 Å². The SMILES string of the molecule is COC(=O)[C@@]1(O[C@H](COCc2ccccc2)[C@@H](O)[C@@H]2O[C@@](OCC[Si](C)(C)C)(C(=O)OC)C[C@H](OC(=O)c3ccccc3)[C@H]2NC(C)=O)C[C@H](OC(C)=O)[C@@H](N(C(C)=O)C(C)=O)[C@H]([C@H](OC(C)=O)[C@@H](COC(C)=O)OC(C)=O)O1. The van der Waals surface area contributed by atoms with Gasteiger partial charge in [-0.3, -0.25) is 38.5 Å². The van der Waals surface area contributed by atoms with Crippen LogP contribution >= 0.6 is 0 Å². The van der Waals surface area contributed by atoms with E-state index in [4.69, 9.17) is 56.8 Å². The summed E-state index contributed by atoms with van der Waals surface area (Å²) < 4.78 is 71.1. The highest BCUT2D eigenvalue weighted by Gasteiger charge is 2.64. The second-order valence-corrected chi connectivity index (χ2v) is 25.6. The van der Waals surface area contributed by atoms with Crippen LogP contribution in [0.2, 0.25) is 25.7 Å². The summed E-state index contributed by atoms with van der Waals surface area (Å²) in [5.41, 5.74) is 0.644. The highest BCUT2D eigenvalue weighted by molar-refractivity contribution is 6.76. The molecular formula is C53H72N2O23Si. The van der Waals surface area contributed by atoms with Gasteiger partial charge in [0.1, 0.15) is 49.3 Å². The van der Waals surface area contributed by atoms with E-state index in [1.807, 2.05) is 19.6 Å². The van der Waals surface area contributed by atoms with Crippen LogP contribution in [0.1, 0.15) is 77.2 Å². The Morgan fingerprint density at radius 3 is 1.76 bits per heavy atom. The molecule has 0 aromatic heterocycles. The van der Waals surface area contributed by atoms with Crippen LogP contribution in [0.3, 0.4) is 0 Å². The zero-order valence-electron chi connectivity index (χ0n) is 46.4. The van der Waals surface area contributed by atoms with Crippen LogP contribution in [0.25, 0.3) is 0 Å². The quantitative estimate of drug-likeness (QED) is 0.0819. The molecule has 2 saturated heterocycles. The van der Waals surface area contributed by atoms with Crippen LogP contribution in [0.4, 0.5) is 0 Å². The summed E-state index contributed by atoms with van der Waals surface area (Å²) in [4.78, 5) is 135. The molecule has 2 N–H and O–H groups in total. The molecule has 0 aliphatic carbocycles. The highest BCUT2D eigenvalue weighted by atomic mass is 28.3. The van der Waals surface area contributed by atoms with E-state index >= 15 is 0 Å². The van der Waals surface area contributed by atoms with Crippen LogP contribution in [0, 0.1) is 0 Å². The first kappa shape index (κ1) is 64.8. The summed E-state index contributed by atoms with van der Waals surface area (Å²) in [6.07, 6.45) is -17.6. The molecule has 0 unspecified atom stereocenters. The predicted molar refractivity (Wildman–Crippen MR) is 273 cm³/mol. The van der Waals surface area contributed by atoms with E-state index in [1.165, 1.54) is 12.1 Å². The molecule has 2 heterocycles. The smallest absolute Gasteiger partial charge is 0.366 e. The van der Waals surface area contributed by atoms with E-state index < -0.39 is 166 Å². The van der Waals surface area contributed by atoms with E-state index in [-0.39, 0.29) is 18.8 Å². The number of hydrogen-bond donors (Lipinski definition) is 2. The number of esters is 7. The lowest BCUT2D eigenvalue weighted by Gasteiger charge is -2.52. The van der Waals surface area contributed by atoms with Gasteiger partial charge in [-0.15, -0.1) is 0 Å². The van der Waals surface area contributed by atoms with Crippen molar-refractivity contribution < 1.29 is 110 Å². The fourth-order valence-corrected chi connectivity index (χ4v) is 9.77. The van der Waals surface area contributed by atoms with Gasteiger partial charge in [0.2, 0.25) is 17.7 Å². The maximum atomic E-state index is 14.8. The van der Waals surface area contributed by atoms with Gasteiger partial charge >= 0.3 is 41.8 Å². The van der Waals surface area contributed by atoms with Gasteiger partial charge in [0.25, 0.3) is 11.6 Å². The number of aliphatic hydroxyl groups is 1. The van der Waals surface area contributed by atoms with Crippen molar-refractivity contribution in [1.29, 1.82) is 0 Å². The molecule has 26 heteroatoms. The molecule has 12 atom stereocenters. The molecule has 4 rings (SSSR count). The number of benzene rings is 2. The number of ether oxygens (including phenoxy) is 12. The summed E-state index contributed by atoms with van der Waals surface area (Å²) in [6.45, 7) is 11.0. The molecule has 0 spiro atoms. The normalized spacial score (nSPS) is 24.4. The summed E-state index contributed by atoms with van der Waals surface area (Å²) >= 11 is 0. The number of nitrogens with one attached hydrogen (secondary N) is 1. The summed E-state index contributed by atoms with van der Waals surface area (Å²) in [5.74, 6) is -16.0. The Morgan fingerprint density at radius 1 is 0.684 bits per heavy atom. The topological polar surface area (TPSA) is 317 Å². The number of imide groups is 1. The Labute approximate surface area is 458 Å². The van der Waals surface area contributed by atoms with E-state index in [0.29, 0.717) is 16.5 Å². The average Bonchev–Trinajstić information content (AvgIpc) is 3.38. The van der Waals surface area contributed by atoms with Gasteiger partial charge in [0, 0.05) is 63.1 Å². The molecule has 0 saturated carbocycles. The molecule has 79 heavy (non-hydrogen) atoms. The number of methoxy groups -OCH3 is 2. The van der Waals surface area contributed by atoms with Crippen LogP contribution < -0.4 is 5.32 Å². The van der Waals surface area contributed by atoms with Crippen molar-refractivity contribution in [2.45, 2.75) is 166 Å². The van der Waals surface area contributed by atoms with Crippen LogP contribution in [0.5, 0.6) is 0 Å². The molecule has 2 aromatic rings. The molecule has 2 fully saturated rings. The molecule has 436 valence electrons. The van der Waals surface area contributed by atoms with Crippen molar-refractivity contribution in [3.8, 4) is 0 Å². The number of rotatable bonds is 25. The van der Waals surface area contributed by atoms with E-state index in [9.17, 15) is 53.1 Å². The number of aliphatic hydroxyl groups excluding tert-OH is 1. The van der Waals surface area contributed by atoms with Crippen molar-refractivity contribution >= 4 is 67.6 Å². The Kier molecular flexibility index (Phi) is 23.8. The molecule has 25 nitrogen and oxygen atoms in total. The van der Waals surface area contributed by atoms with E-state index in [1.54, 1.807) is 48.5 Å². The molecular weight excluding hydrogens is 1060 g/mol. The summed E-state index contributed by atoms with van der Waals surface area (Å²) in [6, 6.07) is 13.2. The van der Waals surface area contributed by atoms with Gasteiger partial charge in [0.05, 0.1) is 51.9 Å². The molecule has 2 aliphatic heterocycles.